The van der Waals surface area contributed by atoms with Crippen molar-refractivity contribution >= 4 is 29.1 Å². The van der Waals surface area contributed by atoms with E-state index in [1.54, 1.807) is 11.8 Å². The number of aromatic nitrogens is 2. The predicted octanol–water partition coefficient (Wildman–Crippen LogP) is 3.16. The summed E-state index contributed by atoms with van der Waals surface area (Å²) in [5.41, 5.74) is 2.64. The van der Waals surface area contributed by atoms with E-state index in [4.69, 9.17) is 27.9 Å². The number of aryl methyl sites for hydroxylation is 1. The third kappa shape index (κ3) is 4.57. The molecule has 0 saturated carbocycles. The maximum Gasteiger partial charge on any atom is 0.244 e. The normalized spacial score (nSPS) is 15.2. The topological polar surface area (TPSA) is 50.6 Å². The Hall–Kier alpha value is -1.76. The second-order valence-electron chi connectivity index (χ2n) is 6.76. The quantitative estimate of drug-likeness (QED) is 0.759. The van der Waals surface area contributed by atoms with Crippen LogP contribution in [0.3, 0.4) is 0 Å². The minimum absolute atomic E-state index is 0.0669. The molecule has 6 nitrogen and oxygen atoms in total. The Bertz CT molecular complexity index is 829. The Morgan fingerprint density at radius 2 is 1.89 bits per heavy atom. The minimum Gasteiger partial charge on any atom is -0.496 e. The van der Waals surface area contributed by atoms with Crippen LogP contribution in [0, 0.1) is 13.8 Å². The summed E-state index contributed by atoms with van der Waals surface area (Å²) in [6.07, 6.45) is 0. The number of piperazine rings is 1. The smallest absolute Gasteiger partial charge is 0.244 e. The van der Waals surface area contributed by atoms with Gasteiger partial charge in [-0.15, -0.1) is 0 Å². The van der Waals surface area contributed by atoms with E-state index in [-0.39, 0.29) is 12.5 Å². The van der Waals surface area contributed by atoms with Crippen molar-refractivity contribution in [1.82, 2.24) is 19.6 Å². The van der Waals surface area contributed by atoms with Crippen molar-refractivity contribution in [1.29, 1.82) is 0 Å². The largest absolute Gasteiger partial charge is 0.496 e. The number of ether oxygens (including phenoxy) is 1. The first kappa shape index (κ1) is 20.0. The Kier molecular flexibility index (Phi) is 6.29. The number of rotatable bonds is 5. The lowest BCUT2D eigenvalue weighted by Crippen LogP contribution is -2.49. The number of halogens is 2. The fourth-order valence-corrected chi connectivity index (χ4v) is 3.65. The molecule has 0 aliphatic carbocycles. The van der Waals surface area contributed by atoms with E-state index in [0.29, 0.717) is 23.1 Å². The molecule has 0 unspecified atom stereocenters. The molecule has 1 saturated heterocycles. The van der Waals surface area contributed by atoms with Crippen LogP contribution in [0.1, 0.15) is 17.0 Å². The van der Waals surface area contributed by atoms with Gasteiger partial charge in [0.1, 0.15) is 12.3 Å². The summed E-state index contributed by atoms with van der Waals surface area (Å²) < 4.78 is 7.10. The van der Waals surface area contributed by atoms with Gasteiger partial charge >= 0.3 is 0 Å². The van der Waals surface area contributed by atoms with Crippen LogP contribution in [-0.2, 0) is 17.9 Å². The minimum atomic E-state index is 0.0669. The van der Waals surface area contributed by atoms with Crippen molar-refractivity contribution in [3.05, 3.63) is 45.2 Å². The molecule has 8 heteroatoms. The maximum atomic E-state index is 12.6. The van der Waals surface area contributed by atoms with Gasteiger partial charge in [0.05, 0.1) is 23.5 Å². The highest BCUT2D eigenvalue weighted by Crippen LogP contribution is 2.24. The average Bonchev–Trinajstić information content (AvgIpc) is 2.89. The predicted molar refractivity (Wildman–Crippen MR) is 107 cm³/mol. The number of hydrogen-bond acceptors (Lipinski definition) is 4. The third-order valence-corrected chi connectivity index (χ3v) is 5.72. The van der Waals surface area contributed by atoms with Crippen LogP contribution in [0.15, 0.2) is 18.2 Å². The van der Waals surface area contributed by atoms with E-state index in [1.165, 1.54) is 0 Å². The highest BCUT2D eigenvalue weighted by Gasteiger charge is 2.23. The second-order valence-corrected chi connectivity index (χ2v) is 7.57. The van der Waals surface area contributed by atoms with Gasteiger partial charge in [-0.3, -0.25) is 14.4 Å². The summed E-state index contributed by atoms with van der Waals surface area (Å²) in [6, 6.07) is 5.65. The highest BCUT2D eigenvalue weighted by molar-refractivity contribution is 6.31. The van der Waals surface area contributed by atoms with Crippen molar-refractivity contribution in [2.75, 3.05) is 33.3 Å². The molecule has 0 atom stereocenters. The Balaban J connectivity index is 1.56. The third-order valence-electron chi connectivity index (χ3n) is 4.94. The molecule has 0 N–H and O–H groups in total. The first-order valence-electron chi connectivity index (χ1n) is 8.91. The Morgan fingerprint density at radius 1 is 1.19 bits per heavy atom. The van der Waals surface area contributed by atoms with Gasteiger partial charge in [0.15, 0.2) is 0 Å². The average molecular weight is 411 g/mol. The standard InChI is InChI=1S/C19H24Cl2N4O2/c1-13-19(21)14(2)25(22-13)12-18(26)24-8-6-23(7-9-24)11-15-10-16(20)4-5-17(15)27-3/h4-5,10H,6-9,11-12H2,1-3H3. The van der Waals surface area contributed by atoms with Crippen LogP contribution in [0.2, 0.25) is 10.0 Å². The maximum absolute atomic E-state index is 12.6. The lowest BCUT2D eigenvalue weighted by Gasteiger charge is -2.35. The van der Waals surface area contributed by atoms with Crippen LogP contribution in [-0.4, -0.2) is 58.8 Å². The number of amides is 1. The fraction of sp³-hybridized carbons (Fsp3) is 0.474. The van der Waals surface area contributed by atoms with Gasteiger partial charge in [-0.2, -0.15) is 5.10 Å². The van der Waals surface area contributed by atoms with Crippen LogP contribution in [0.4, 0.5) is 0 Å². The van der Waals surface area contributed by atoms with Crippen molar-refractivity contribution in [2.45, 2.75) is 26.9 Å². The Morgan fingerprint density at radius 3 is 2.48 bits per heavy atom. The number of benzene rings is 1. The SMILES string of the molecule is COc1ccc(Cl)cc1CN1CCN(C(=O)Cn2nc(C)c(Cl)c2C)CC1. The van der Waals surface area contributed by atoms with Crippen LogP contribution in [0.25, 0.3) is 0 Å². The van der Waals surface area contributed by atoms with Crippen molar-refractivity contribution < 1.29 is 9.53 Å². The summed E-state index contributed by atoms with van der Waals surface area (Å²) in [5.74, 6) is 0.900. The zero-order valence-electron chi connectivity index (χ0n) is 15.8. The molecular weight excluding hydrogens is 387 g/mol. The van der Waals surface area contributed by atoms with Crippen molar-refractivity contribution in [3.8, 4) is 5.75 Å². The first-order chi connectivity index (χ1) is 12.9. The fourth-order valence-electron chi connectivity index (χ4n) is 3.32. The van der Waals surface area contributed by atoms with Crippen molar-refractivity contribution in [3.63, 3.8) is 0 Å². The van der Waals surface area contributed by atoms with Gasteiger partial charge < -0.3 is 9.64 Å². The molecule has 146 valence electrons. The molecule has 1 aromatic carbocycles. The van der Waals surface area contributed by atoms with Gasteiger partial charge in [0, 0.05) is 43.3 Å². The molecule has 27 heavy (non-hydrogen) atoms. The molecule has 0 radical (unpaired) electrons. The number of carbonyl (C=O) groups is 1. The van der Waals surface area contributed by atoms with Gasteiger partial charge in [0.2, 0.25) is 5.91 Å². The molecule has 1 amide bonds. The summed E-state index contributed by atoms with van der Waals surface area (Å²) in [7, 11) is 1.66. The number of hydrogen-bond donors (Lipinski definition) is 0. The van der Waals surface area contributed by atoms with E-state index >= 15 is 0 Å². The molecule has 2 heterocycles. The zero-order valence-corrected chi connectivity index (χ0v) is 17.3. The van der Waals surface area contributed by atoms with E-state index in [1.807, 2.05) is 36.9 Å². The van der Waals surface area contributed by atoms with Gasteiger partial charge in [-0.25, -0.2) is 0 Å². The van der Waals surface area contributed by atoms with Gasteiger partial charge in [-0.1, -0.05) is 23.2 Å². The summed E-state index contributed by atoms with van der Waals surface area (Å²) in [6.45, 7) is 7.69. The molecule has 3 rings (SSSR count). The van der Waals surface area contributed by atoms with Crippen LogP contribution in [0.5, 0.6) is 5.75 Å². The molecule has 1 aliphatic rings. The second kappa shape index (κ2) is 8.50. The lowest BCUT2D eigenvalue weighted by atomic mass is 10.1. The van der Waals surface area contributed by atoms with E-state index in [9.17, 15) is 4.79 Å². The monoisotopic (exact) mass is 410 g/mol. The molecule has 1 aliphatic heterocycles. The first-order valence-corrected chi connectivity index (χ1v) is 9.66. The lowest BCUT2D eigenvalue weighted by molar-refractivity contribution is -0.133. The van der Waals surface area contributed by atoms with Crippen LogP contribution < -0.4 is 4.74 Å². The number of methoxy groups -OCH3 is 1. The van der Waals surface area contributed by atoms with E-state index < -0.39 is 0 Å². The number of carbonyl (C=O) groups excluding carboxylic acids is 1. The molecule has 1 fully saturated rings. The Labute approximate surface area is 169 Å². The summed E-state index contributed by atoms with van der Waals surface area (Å²) in [4.78, 5) is 16.8. The molecule has 0 spiro atoms. The summed E-state index contributed by atoms with van der Waals surface area (Å²) >= 11 is 12.3. The van der Waals surface area contributed by atoms with E-state index in [2.05, 4.69) is 10.00 Å². The number of nitrogens with zero attached hydrogens (tertiary/aromatic N) is 4. The highest BCUT2D eigenvalue weighted by atomic mass is 35.5. The zero-order chi connectivity index (χ0) is 19.6. The van der Waals surface area contributed by atoms with Crippen LogP contribution >= 0.6 is 23.2 Å². The van der Waals surface area contributed by atoms with Gasteiger partial charge in [0.25, 0.3) is 0 Å². The molecular formula is C19H24Cl2N4O2. The van der Waals surface area contributed by atoms with E-state index in [0.717, 1.165) is 42.3 Å². The molecule has 1 aromatic heterocycles. The molecule has 0 bridgehead atoms. The van der Waals surface area contributed by atoms with Gasteiger partial charge in [-0.05, 0) is 32.0 Å². The summed E-state index contributed by atoms with van der Waals surface area (Å²) in [5, 5.41) is 5.67. The molecule has 2 aromatic rings. The van der Waals surface area contributed by atoms with Crippen molar-refractivity contribution in [2.24, 2.45) is 0 Å².